The van der Waals surface area contributed by atoms with E-state index in [0.717, 1.165) is 19.3 Å². The van der Waals surface area contributed by atoms with Crippen molar-refractivity contribution in [3.63, 3.8) is 0 Å². The zero-order chi connectivity index (χ0) is 16.0. The molecule has 1 amide bonds. The molecule has 1 aliphatic carbocycles. The number of carbonyl (C=O) groups is 1. The van der Waals surface area contributed by atoms with Gasteiger partial charge in [-0.1, -0.05) is 18.6 Å². The van der Waals surface area contributed by atoms with Gasteiger partial charge in [-0.05, 0) is 31.9 Å². The molecule has 124 valence electrons. The monoisotopic (exact) mass is 317 g/mol. The first-order valence-corrected chi connectivity index (χ1v) is 8.52. The number of hydrogen-bond acceptors (Lipinski definition) is 4. The van der Waals surface area contributed by atoms with Crippen LogP contribution in [0.25, 0.3) is 0 Å². The van der Waals surface area contributed by atoms with Crippen molar-refractivity contribution in [2.24, 2.45) is 11.8 Å². The van der Waals surface area contributed by atoms with Gasteiger partial charge >= 0.3 is 0 Å². The second kappa shape index (κ2) is 5.71. The highest BCUT2D eigenvalue weighted by molar-refractivity contribution is 5.82. The van der Waals surface area contributed by atoms with Crippen LogP contribution in [0, 0.1) is 11.8 Å². The number of aliphatic hydroxyl groups is 1. The van der Waals surface area contributed by atoms with Crippen LogP contribution in [0.1, 0.15) is 26.2 Å². The number of ether oxygens (including phenoxy) is 2. The van der Waals surface area contributed by atoms with E-state index in [0.29, 0.717) is 24.6 Å². The van der Waals surface area contributed by atoms with Gasteiger partial charge in [-0.2, -0.15) is 0 Å². The maximum absolute atomic E-state index is 13.0. The molecule has 1 saturated carbocycles. The highest BCUT2D eigenvalue weighted by Crippen LogP contribution is 2.37. The predicted octanol–water partition coefficient (Wildman–Crippen LogP) is 1.83. The molecular weight excluding hydrogens is 294 g/mol. The van der Waals surface area contributed by atoms with E-state index in [9.17, 15) is 9.90 Å². The molecule has 0 aromatic heterocycles. The molecule has 5 nitrogen and oxygen atoms in total. The largest absolute Gasteiger partial charge is 0.482 e. The van der Waals surface area contributed by atoms with Gasteiger partial charge in [-0.25, -0.2) is 0 Å². The molecule has 2 fully saturated rings. The third kappa shape index (κ3) is 2.57. The second-order valence-corrected chi connectivity index (χ2v) is 6.99. The van der Waals surface area contributed by atoms with Gasteiger partial charge in [0.1, 0.15) is 6.10 Å². The SMILES string of the molecule is CC1Oc2ccccc2OC1C(=O)N1CC2CCCC(C1)C2O. The quantitative estimate of drug-likeness (QED) is 0.858. The van der Waals surface area contributed by atoms with Crippen LogP contribution in [-0.2, 0) is 4.79 Å². The summed E-state index contributed by atoms with van der Waals surface area (Å²) in [6.07, 6.45) is 1.98. The summed E-state index contributed by atoms with van der Waals surface area (Å²) in [5.74, 6) is 1.71. The first-order valence-electron chi connectivity index (χ1n) is 8.52. The Morgan fingerprint density at radius 2 is 1.74 bits per heavy atom. The molecule has 1 aromatic carbocycles. The van der Waals surface area contributed by atoms with Gasteiger partial charge in [0.15, 0.2) is 11.5 Å². The zero-order valence-electron chi connectivity index (χ0n) is 13.4. The molecule has 0 radical (unpaired) electrons. The van der Waals surface area contributed by atoms with Gasteiger partial charge in [-0.15, -0.1) is 0 Å². The lowest BCUT2D eigenvalue weighted by Crippen LogP contribution is -2.58. The molecule has 2 heterocycles. The molecule has 2 bridgehead atoms. The molecule has 23 heavy (non-hydrogen) atoms. The first-order chi connectivity index (χ1) is 11.1. The standard InChI is InChI=1S/C18H23NO4/c1-11-17(23-15-8-3-2-7-14(15)22-11)18(21)19-9-12-5-4-6-13(10-19)16(12)20/h2-3,7-8,11-13,16-17,20H,4-6,9-10H2,1H3. The minimum Gasteiger partial charge on any atom is -0.482 e. The minimum atomic E-state index is -0.610. The van der Waals surface area contributed by atoms with E-state index in [1.165, 1.54) is 0 Å². The van der Waals surface area contributed by atoms with Crippen LogP contribution in [0.5, 0.6) is 11.5 Å². The number of para-hydroxylation sites is 2. The molecule has 2 aliphatic heterocycles. The van der Waals surface area contributed by atoms with E-state index >= 15 is 0 Å². The highest BCUT2D eigenvalue weighted by atomic mass is 16.6. The van der Waals surface area contributed by atoms with Crippen molar-refractivity contribution in [3.8, 4) is 11.5 Å². The Hall–Kier alpha value is -1.75. The Balaban J connectivity index is 1.51. The molecule has 0 spiro atoms. The molecule has 4 atom stereocenters. The minimum absolute atomic E-state index is 0.0178. The predicted molar refractivity (Wildman–Crippen MR) is 84.4 cm³/mol. The number of aliphatic hydroxyl groups excluding tert-OH is 1. The van der Waals surface area contributed by atoms with Gasteiger partial charge in [-0.3, -0.25) is 4.79 Å². The number of piperidine rings is 1. The Morgan fingerprint density at radius 3 is 2.39 bits per heavy atom. The Kier molecular flexibility index (Phi) is 3.68. The number of fused-ring (bicyclic) bond motifs is 3. The van der Waals surface area contributed by atoms with E-state index in [4.69, 9.17) is 9.47 Å². The van der Waals surface area contributed by atoms with Crippen molar-refractivity contribution in [2.75, 3.05) is 13.1 Å². The van der Waals surface area contributed by atoms with E-state index < -0.39 is 6.10 Å². The Morgan fingerprint density at radius 1 is 1.13 bits per heavy atom. The van der Waals surface area contributed by atoms with Crippen molar-refractivity contribution >= 4 is 5.91 Å². The lowest BCUT2D eigenvalue weighted by atomic mass is 9.75. The van der Waals surface area contributed by atoms with Crippen LogP contribution in [0.4, 0.5) is 0 Å². The summed E-state index contributed by atoms with van der Waals surface area (Å²) in [7, 11) is 0. The molecule has 5 heteroatoms. The average Bonchev–Trinajstić information content (AvgIpc) is 2.53. The maximum atomic E-state index is 13.0. The summed E-state index contributed by atoms with van der Waals surface area (Å²) in [4.78, 5) is 14.8. The van der Waals surface area contributed by atoms with Gasteiger partial charge < -0.3 is 19.5 Å². The fourth-order valence-electron chi connectivity index (χ4n) is 4.16. The smallest absolute Gasteiger partial charge is 0.267 e. The number of carbonyl (C=O) groups excluding carboxylic acids is 1. The van der Waals surface area contributed by atoms with E-state index in [-0.39, 0.29) is 30.0 Å². The van der Waals surface area contributed by atoms with E-state index in [1.54, 1.807) is 0 Å². The van der Waals surface area contributed by atoms with Crippen LogP contribution in [0.2, 0.25) is 0 Å². The topological polar surface area (TPSA) is 59.0 Å². The Labute approximate surface area is 136 Å². The van der Waals surface area contributed by atoms with Crippen molar-refractivity contribution in [3.05, 3.63) is 24.3 Å². The van der Waals surface area contributed by atoms with Gasteiger partial charge in [0.25, 0.3) is 5.91 Å². The van der Waals surface area contributed by atoms with E-state index in [2.05, 4.69) is 0 Å². The van der Waals surface area contributed by atoms with Crippen molar-refractivity contribution in [1.29, 1.82) is 0 Å². The number of hydrogen-bond donors (Lipinski definition) is 1. The third-order valence-electron chi connectivity index (χ3n) is 5.42. The van der Waals surface area contributed by atoms with Gasteiger partial charge in [0, 0.05) is 24.9 Å². The normalized spacial score (nSPS) is 35.7. The zero-order valence-corrected chi connectivity index (χ0v) is 13.4. The highest BCUT2D eigenvalue weighted by Gasteiger charge is 2.44. The van der Waals surface area contributed by atoms with Gasteiger partial charge in [0.05, 0.1) is 6.10 Å². The van der Waals surface area contributed by atoms with Crippen LogP contribution >= 0.6 is 0 Å². The molecule has 4 unspecified atom stereocenters. The van der Waals surface area contributed by atoms with Crippen LogP contribution in [0.3, 0.4) is 0 Å². The molecule has 1 N–H and O–H groups in total. The molecular formula is C18H23NO4. The van der Waals surface area contributed by atoms with Crippen LogP contribution in [-0.4, -0.2) is 47.3 Å². The molecule has 1 saturated heterocycles. The summed E-state index contributed by atoms with van der Waals surface area (Å²) < 4.78 is 11.8. The van der Waals surface area contributed by atoms with Crippen LogP contribution < -0.4 is 9.47 Å². The van der Waals surface area contributed by atoms with Gasteiger partial charge in [0.2, 0.25) is 6.10 Å². The number of amides is 1. The summed E-state index contributed by atoms with van der Waals surface area (Å²) >= 11 is 0. The summed E-state index contributed by atoms with van der Waals surface area (Å²) in [6.45, 7) is 3.13. The number of rotatable bonds is 1. The van der Waals surface area contributed by atoms with Crippen molar-refractivity contribution in [2.45, 2.75) is 44.5 Å². The fraction of sp³-hybridized carbons (Fsp3) is 0.611. The van der Waals surface area contributed by atoms with E-state index in [1.807, 2.05) is 36.1 Å². The molecule has 1 aromatic rings. The Bertz CT molecular complexity index is 590. The van der Waals surface area contributed by atoms with Crippen molar-refractivity contribution in [1.82, 2.24) is 4.90 Å². The second-order valence-electron chi connectivity index (χ2n) is 6.99. The maximum Gasteiger partial charge on any atom is 0.267 e. The van der Waals surface area contributed by atoms with Crippen molar-refractivity contribution < 1.29 is 19.4 Å². The number of nitrogens with zero attached hydrogens (tertiary/aromatic N) is 1. The fourth-order valence-corrected chi connectivity index (χ4v) is 4.16. The summed E-state index contributed by atoms with van der Waals surface area (Å²) in [6, 6.07) is 7.45. The molecule has 4 rings (SSSR count). The first kappa shape index (κ1) is 14.8. The number of likely N-dealkylation sites (tertiary alicyclic amines) is 1. The summed E-state index contributed by atoms with van der Waals surface area (Å²) in [5, 5.41) is 10.3. The lowest BCUT2D eigenvalue weighted by Gasteiger charge is -2.46. The van der Waals surface area contributed by atoms with Crippen LogP contribution in [0.15, 0.2) is 24.3 Å². The molecule has 3 aliphatic rings. The lowest BCUT2D eigenvalue weighted by molar-refractivity contribution is -0.152. The summed E-state index contributed by atoms with van der Waals surface area (Å²) in [5.41, 5.74) is 0. The average molecular weight is 317 g/mol. The third-order valence-corrected chi connectivity index (χ3v) is 5.42. The number of benzene rings is 1.